The smallest absolute Gasteiger partial charge is 0.225 e. The van der Waals surface area contributed by atoms with Gasteiger partial charge in [0.15, 0.2) is 0 Å². The molecular formula is C18H20ClNO3. The molecule has 0 fully saturated rings. The second kappa shape index (κ2) is 7.99. The Morgan fingerprint density at radius 1 is 1.22 bits per heavy atom. The Bertz CT molecular complexity index is 670. The molecule has 3 N–H and O–H groups in total. The molecule has 0 saturated heterocycles. The summed E-state index contributed by atoms with van der Waals surface area (Å²) < 4.78 is 0. The van der Waals surface area contributed by atoms with E-state index in [4.69, 9.17) is 11.6 Å². The van der Waals surface area contributed by atoms with E-state index in [-0.39, 0.29) is 24.7 Å². The summed E-state index contributed by atoms with van der Waals surface area (Å²) in [7, 11) is 0. The monoisotopic (exact) mass is 333 g/mol. The second-order valence-corrected chi connectivity index (χ2v) is 5.76. The number of nitrogens with one attached hydrogen (secondary N) is 1. The first-order valence-corrected chi connectivity index (χ1v) is 7.87. The van der Waals surface area contributed by atoms with Crippen LogP contribution in [0.4, 0.5) is 0 Å². The first kappa shape index (κ1) is 17.3. The molecule has 2 aromatic carbocycles. The molecule has 122 valence electrons. The van der Waals surface area contributed by atoms with Gasteiger partial charge < -0.3 is 15.5 Å². The van der Waals surface area contributed by atoms with Crippen LogP contribution in [0.2, 0.25) is 5.02 Å². The van der Waals surface area contributed by atoms with Crippen molar-refractivity contribution in [1.29, 1.82) is 0 Å². The number of benzene rings is 2. The van der Waals surface area contributed by atoms with Gasteiger partial charge in [-0.05, 0) is 35.2 Å². The molecule has 1 unspecified atom stereocenters. The first-order valence-electron chi connectivity index (χ1n) is 7.50. The number of phenols is 1. The average molecular weight is 334 g/mol. The fourth-order valence-corrected chi connectivity index (χ4v) is 2.56. The van der Waals surface area contributed by atoms with Gasteiger partial charge in [-0.2, -0.15) is 0 Å². The molecular weight excluding hydrogens is 314 g/mol. The molecule has 0 aliphatic rings. The molecule has 1 amide bonds. The van der Waals surface area contributed by atoms with Gasteiger partial charge in [-0.1, -0.05) is 48.9 Å². The van der Waals surface area contributed by atoms with E-state index >= 15 is 0 Å². The highest BCUT2D eigenvalue weighted by Gasteiger charge is 2.15. The molecule has 2 aromatic rings. The van der Waals surface area contributed by atoms with Crippen LogP contribution >= 0.6 is 11.6 Å². The van der Waals surface area contributed by atoms with E-state index in [0.29, 0.717) is 10.6 Å². The van der Waals surface area contributed by atoms with Gasteiger partial charge in [0.05, 0.1) is 19.1 Å². The minimum atomic E-state index is -0.454. The van der Waals surface area contributed by atoms with E-state index in [2.05, 4.69) is 12.2 Å². The fraction of sp³-hybridized carbons (Fsp3) is 0.278. The van der Waals surface area contributed by atoms with Gasteiger partial charge in [0.25, 0.3) is 0 Å². The molecule has 0 aromatic heterocycles. The molecule has 0 heterocycles. The molecule has 2 rings (SSSR count). The van der Waals surface area contributed by atoms with Crippen LogP contribution in [0.3, 0.4) is 0 Å². The zero-order valence-corrected chi connectivity index (χ0v) is 13.7. The highest BCUT2D eigenvalue weighted by molar-refractivity contribution is 6.31. The lowest BCUT2D eigenvalue weighted by Crippen LogP contribution is -2.32. The van der Waals surface area contributed by atoms with Crippen molar-refractivity contribution in [3.05, 3.63) is 64.2 Å². The summed E-state index contributed by atoms with van der Waals surface area (Å²) in [5.41, 5.74) is 2.68. The van der Waals surface area contributed by atoms with Gasteiger partial charge in [0, 0.05) is 5.02 Å². The van der Waals surface area contributed by atoms with E-state index in [9.17, 15) is 15.0 Å². The molecule has 1 atom stereocenters. The van der Waals surface area contributed by atoms with Gasteiger partial charge in [-0.25, -0.2) is 0 Å². The van der Waals surface area contributed by atoms with Gasteiger partial charge in [-0.15, -0.1) is 0 Å². The maximum absolute atomic E-state index is 12.2. The summed E-state index contributed by atoms with van der Waals surface area (Å²) in [6.07, 6.45) is 1.03. The number of aliphatic hydroxyl groups is 1. The van der Waals surface area contributed by atoms with E-state index < -0.39 is 6.04 Å². The summed E-state index contributed by atoms with van der Waals surface area (Å²) >= 11 is 6.01. The minimum absolute atomic E-state index is 0.0587. The van der Waals surface area contributed by atoms with Crippen molar-refractivity contribution in [3.8, 4) is 5.75 Å². The quantitative estimate of drug-likeness (QED) is 0.761. The third-order valence-electron chi connectivity index (χ3n) is 3.70. The summed E-state index contributed by atoms with van der Waals surface area (Å²) in [6.45, 7) is 1.89. The topological polar surface area (TPSA) is 69.6 Å². The summed E-state index contributed by atoms with van der Waals surface area (Å²) in [5.74, 6) is -0.181. The Kier molecular flexibility index (Phi) is 6.02. The van der Waals surface area contributed by atoms with E-state index in [0.717, 1.165) is 12.0 Å². The number of aryl methyl sites for hydroxylation is 1. The van der Waals surface area contributed by atoms with E-state index in [1.807, 2.05) is 24.3 Å². The molecule has 0 radical (unpaired) electrons. The maximum Gasteiger partial charge on any atom is 0.225 e. The Balaban J connectivity index is 2.04. The third kappa shape index (κ3) is 4.71. The third-order valence-corrected chi connectivity index (χ3v) is 4.05. The van der Waals surface area contributed by atoms with Crippen LogP contribution < -0.4 is 5.32 Å². The largest absolute Gasteiger partial charge is 0.508 e. The normalized spacial score (nSPS) is 12.0. The molecule has 4 nitrogen and oxygen atoms in total. The number of halogens is 1. The van der Waals surface area contributed by atoms with Crippen molar-refractivity contribution < 1.29 is 15.0 Å². The maximum atomic E-state index is 12.2. The zero-order valence-electron chi connectivity index (χ0n) is 12.9. The standard InChI is InChI=1S/C18H20ClNO3/c1-2-12-3-5-13(6-4-12)17(11-21)20-18(23)9-14-7-8-15(22)10-16(14)19/h3-8,10,17,21-22H,2,9,11H2,1H3,(H,20,23). The fourth-order valence-electron chi connectivity index (χ4n) is 2.32. The van der Waals surface area contributed by atoms with Crippen LogP contribution in [0.1, 0.15) is 29.7 Å². The van der Waals surface area contributed by atoms with Crippen molar-refractivity contribution in [2.24, 2.45) is 0 Å². The predicted octanol–water partition coefficient (Wildman–Crippen LogP) is 3.00. The zero-order chi connectivity index (χ0) is 16.8. The summed E-state index contributed by atoms with van der Waals surface area (Å²) in [4.78, 5) is 12.2. The predicted molar refractivity (Wildman–Crippen MR) is 90.6 cm³/mol. The first-order chi connectivity index (χ1) is 11.0. The van der Waals surface area contributed by atoms with Crippen LogP contribution in [0.15, 0.2) is 42.5 Å². The number of amides is 1. The minimum Gasteiger partial charge on any atom is -0.508 e. The lowest BCUT2D eigenvalue weighted by Gasteiger charge is -2.17. The Hall–Kier alpha value is -2.04. The number of carbonyl (C=O) groups excluding carboxylic acids is 1. The van der Waals surface area contributed by atoms with E-state index in [1.165, 1.54) is 17.7 Å². The second-order valence-electron chi connectivity index (χ2n) is 5.35. The van der Waals surface area contributed by atoms with Crippen molar-refractivity contribution in [1.82, 2.24) is 5.32 Å². The van der Waals surface area contributed by atoms with Crippen molar-refractivity contribution in [2.45, 2.75) is 25.8 Å². The number of hydrogen-bond acceptors (Lipinski definition) is 3. The van der Waals surface area contributed by atoms with Gasteiger partial charge in [0.2, 0.25) is 5.91 Å². The van der Waals surface area contributed by atoms with Crippen LogP contribution in [0.5, 0.6) is 5.75 Å². The van der Waals surface area contributed by atoms with Crippen LogP contribution in [0.25, 0.3) is 0 Å². The summed E-state index contributed by atoms with van der Waals surface area (Å²) in [5, 5.41) is 22.0. The Morgan fingerprint density at radius 3 is 2.48 bits per heavy atom. The number of aliphatic hydroxyl groups excluding tert-OH is 1. The SMILES string of the molecule is CCc1ccc(C(CO)NC(=O)Cc2ccc(O)cc2Cl)cc1. The molecule has 23 heavy (non-hydrogen) atoms. The van der Waals surface area contributed by atoms with Crippen LogP contribution in [-0.4, -0.2) is 22.7 Å². The highest BCUT2D eigenvalue weighted by Crippen LogP contribution is 2.22. The number of carbonyl (C=O) groups is 1. The van der Waals surface area contributed by atoms with Gasteiger partial charge >= 0.3 is 0 Å². The van der Waals surface area contributed by atoms with Crippen LogP contribution in [0, 0.1) is 0 Å². The van der Waals surface area contributed by atoms with E-state index in [1.54, 1.807) is 6.07 Å². The summed E-state index contributed by atoms with van der Waals surface area (Å²) in [6, 6.07) is 11.8. The van der Waals surface area contributed by atoms with Crippen LogP contribution in [-0.2, 0) is 17.6 Å². The number of rotatable bonds is 6. The molecule has 0 bridgehead atoms. The number of aromatic hydroxyl groups is 1. The van der Waals surface area contributed by atoms with Gasteiger partial charge in [0.1, 0.15) is 5.75 Å². The van der Waals surface area contributed by atoms with Crippen molar-refractivity contribution >= 4 is 17.5 Å². The average Bonchev–Trinajstić information content (AvgIpc) is 2.55. The molecule has 0 aliphatic heterocycles. The Labute approximate surface area is 140 Å². The highest BCUT2D eigenvalue weighted by atomic mass is 35.5. The molecule has 5 heteroatoms. The van der Waals surface area contributed by atoms with Gasteiger partial charge in [-0.3, -0.25) is 4.79 Å². The lowest BCUT2D eigenvalue weighted by atomic mass is 10.0. The lowest BCUT2D eigenvalue weighted by molar-refractivity contribution is -0.121. The Morgan fingerprint density at radius 2 is 1.91 bits per heavy atom. The molecule has 0 saturated carbocycles. The molecule has 0 aliphatic carbocycles. The number of hydrogen-bond donors (Lipinski definition) is 3. The van der Waals surface area contributed by atoms with Crippen molar-refractivity contribution in [2.75, 3.05) is 6.61 Å². The number of phenolic OH excluding ortho intramolecular Hbond substituents is 1. The van der Waals surface area contributed by atoms with Crippen molar-refractivity contribution in [3.63, 3.8) is 0 Å². The molecule has 0 spiro atoms.